The fourth-order valence-corrected chi connectivity index (χ4v) is 3.66. The first-order valence-corrected chi connectivity index (χ1v) is 8.10. The molecule has 3 rings (SSSR count). The average Bonchev–Trinajstić information content (AvgIpc) is 2.89. The summed E-state index contributed by atoms with van der Waals surface area (Å²) in [7, 11) is 0. The number of carbonyl (C=O) groups is 1. The third-order valence-corrected chi connectivity index (χ3v) is 5.22. The average molecular weight is 387 g/mol. The van der Waals surface area contributed by atoms with Crippen LogP contribution in [0.4, 0.5) is 13.2 Å². The maximum Gasteiger partial charge on any atom is 0.416 e. The molecular weight excluding hydrogens is 377 g/mol. The lowest BCUT2D eigenvalue weighted by molar-refractivity contribution is -0.137. The topological polar surface area (TPSA) is 65.2 Å². The molecule has 1 aromatic carbocycles. The van der Waals surface area contributed by atoms with E-state index in [-0.39, 0.29) is 16.7 Å². The van der Waals surface area contributed by atoms with Crippen LogP contribution in [-0.2, 0) is 6.18 Å². The second-order valence-corrected chi connectivity index (χ2v) is 6.54. The van der Waals surface area contributed by atoms with Gasteiger partial charge in [-0.3, -0.25) is 4.79 Å². The smallest absolute Gasteiger partial charge is 0.416 e. The van der Waals surface area contributed by atoms with Gasteiger partial charge in [0.2, 0.25) is 0 Å². The van der Waals surface area contributed by atoms with Gasteiger partial charge in [0.15, 0.2) is 5.75 Å². The number of carbonyl (C=O) groups excluding carboxylic acids is 1. The van der Waals surface area contributed by atoms with Crippen molar-refractivity contribution in [3.05, 3.63) is 51.6 Å². The number of rotatable bonds is 3. The number of nitrogens with zero attached hydrogens (tertiary/aromatic N) is 1. The van der Waals surface area contributed by atoms with Gasteiger partial charge < -0.3 is 10.5 Å². The van der Waals surface area contributed by atoms with Crippen molar-refractivity contribution in [2.45, 2.75) is 13.1 Å². The SMILES string of the molecule is Cc1c(C(N)=O)sc2c(Cl)ncc(Oc3ccc(C(F)(F)F)cc3)c12. The highest BCUT2D eigenvalue weighted by atomic mass is 35.5. The van der Waals surface area contributed by atoms with Crippen molar-refractivity contribution < 1.29 is 22.7 Å². The van der Waals surface area contributed by atoms with Gasteiger partial charge in [0.1, 0.15) is 10.9 Å². The first-order chi connectivity index (χ1) is 11.7. The van der Waals surface area contributed by atoms with Crippen LogP contribution in [0.15, 0.2) is 30.5 Å². The molecule has 25 heavy (non-hydrogen) atoms. The highest BCUT2D eigenvalue weighted by Crippen LogP contribution is 2.41. The summed E-state index contributed by atoms with van der Waals surface area (Å²) in [6, 6.07) is 4.26. The van der Waals surface area contributed by atoms with Gasteiger partial charge in [0.05, 0.1) is 21.3 Å². The number of aryl methyl sites for hydroxylation is 1. The number of hydrogen-bond acceptors (Lipinski definition) is 4. The molecule has 0 saturated carbocycles. The van der Waals surface area contributed by atoms with Crippen LogP contribution in [0.3, 0.4) is 0 Å². The number of alkyl halides is 3. The van der Waals surface area contributed by atoms with Gasteiger partial charge in [-0.25, -0.2) is 4.98 Å². The third-order valence-electron chi connectivity index (χ3n) is 3.51. The van der Waals surface area contributed by atoms with Gasteiger partial charge >= 0.3 is 6.18 Å². The predicted molar refractivity (Wildman–Crippen MR) is 89.4 cm³/mol. The summed E-state index contributed by atoms with van der Waals surface area (Å²) >= 11 is 7.15. The van der Waals surface area contributed by atoms with Gasteiger partial charge in [-0.1, -0.05) is 11.6 Å². The van der Waals surface area contributed by atoms with Gasteiger partial charge in [-0.2, -0.15) is 13.2 Å². The molecule has 0 radical (unpaired) electrons. The Kier molecular flexibility index (Phi) is 4.34. The minimum absolute atomic E-state index is 0.190. The molecule has 0 saturated heterocycles. The van der Waals surface area contributed by atoms with Gasteiger partial charge in [-0.05, 0) is 36.8 Å². The number of primary amides is 1. The van der Waals surface area contributed by atoms with Crippen LogP contribution in [0.25, 0.3) is 10.1 Å². The van der Waals surface area contributed by atoms with Crippen LogP contribution < -0.4 is 10.5 Å². The number of aromatic nitrogens is 1. The lowest BCUT2D eigenvalue weighted by Crippen LogP contribution is -2.09. The Morgan fingerprint density at radius 2 is 1.92 bits per heavy atom. The number of fused-ring (bicyclic) bond motifs is 1. The minimum Gasteiger partial charge on any atom is -0.455 e. The number of ether oxygens (including phenoxy) is 1. The van der Waals surface area contributed by atoms with E-state index in [0.717, 1.165) is 23.5 Å². The van der Waals surface area contributed by atoms with Crippen molar-refractivity contribution in [2.75, 3.05) is 0 Å². The molecule has 0 aliphatic rings. The van der Waals surface area contributed by atoms with Crippen molar-refractivity contribution >= 4 is 38.9 Å². The fraction of sp³-hybridized carbons (Fsp3) is 0.125. The Hall–Kier alpha value is -2.32. The fourth-order valence-electron chi connectivity index (χ4n) is 2.35. The van der Waals surface area contributed by atoms with Gasteiger partial charge in [0, 0.05) is 5.39 Å². The van der Waals surface area contributed by atoms with Gasteiger partial charge in [0.25, 0.3) is 5.91 Å². The Morgan fingerprint density at radius 1 is 1.28 bits per heavy atom. The van der Waals surface area contributed by atoms with Crippen molar-refractivity contribution in [3.8, 4) is 11.5 Å². The standard InChI is InChI=1S/C16H10ClF3N2O2S/c1-7-11-10(6-22-14(17)13(11)25-12(7)15(21)23)24-9-4-2-8(3-5-9)16(18,19)20/h2-6H,1H3,(H2,21,23). The number of thiophene rings is 1. The second kappa shape index (κ2) is 6.20. The van der Waals surface area contributed by atoms with E-state index in [4.69, 9.17) is 22.1 Å². The quantitative estimate of drug-likeness (QED) is 0.631. The number of halogens is 4. The Morgan fingerprint density at radius 3 is 2.48 bits per heavy atom. The molecule has 130 valence electrons. The van der Waals surface area contributed by atoms with Crippen molar-refractivity contribution in [1.29, 1.82) is 0 Å². The Balaban J connectivity index is 2.05. The second-order valence-electron chi connectivity index (χ2n) is 5.16. The normalized spacial score (nSPS) is 11.7. The van der Waals surface area contributed by atoms with E-state index >= 15 is 0 Å². The van der Waals surface area contributed by atoms with Crippen LogP contribution in [-0.4, -0.2) is 10.9 Å². The van der Waals surface area contributed by atoms with E-state index in [9.17, 15) is 18.0 Å². The summed E-state index contributed by atoms with van der Waals surface area (Å²) in [4.78, 5) is 15.8. The zero-order valence-electron chi connectivity index (χ0n) is 12.6. The maximum absolute atomic E-state index is 12.6. The molecular formula is C16H10ClF3N2O2S. The minimum atomic E-state index is -4.42. The summed E-state index contributed by atoms with van der Waals surface area (Å²) in [5, 5.41) is 0.745. The summed E-state index contributed by atoms with van der Waals surface area (Å²) in [6.07, 6.45) is -3.07. The van der Waals surface area contributed by atoms with Gasteiger partial charge in [-0.15, -0.1) is 11.3 Å². The molecule has 1 amide bonds. The van der Waals surface area contributed by atoms with Crippen LogP contribution >= 0.6 is 22.9 Å². The van der Waals surface area contributed by atoms with Crippen molar-refractivity contribution in [1.82, 2.24) is 4.98 Å². The van der Waals surface area contributed by atoms with Crippen molar-refractivity contribution in [3.63, 3.8) is 0 Å². The highest BCUT2D eigenvalue weighted by Gasteiger charge is 2.30. The summed E-state index contributed by atoms with van der Waals surface area (Å²) in [6.45, 7) is 1.69. The lowest BCUT2D eigenvalue weighted by Gasteiger charge is -2.10. The molecule has 0 unspecified atom stereocenters. The van der Waals surface area contributed by atoms with E-state index in [1.54, 1.807) is 6.92 Å². The van der Waals surface area contributed by atoms with E-state index < -0.39 is 17.6 Å². The molecule has 3 aromatic rings. The van der Waals surface area contributed by atoms with Crippen LogP contribution in [0, 0.1) is 6.92 Å². The molecule has 0 fully saturated rings. The molecule has 0 spiro atoms. The largest absolute Gasteiger partial charge is 0.455 e. The van der Waals surface area contributed by atoms with Crippen LogP contribution in [0.1, 0.15) is 20.8 Å². The molecule has 2 N–H and O–H groups in total. The lowest BCUT2D eigenvalue weighted by atomic mass is 10.1. The molecule has 4 nitrogen and oxygen atoms in total. The molecule has 0 aliphatic carbocycles. The molecule has 0 aliphatic heterocycles. The molecule has 2 aromatic heterocycles. The highest BCUT2D eigenvalue weighted by molar-refractivity contribution is 7.21. The maximum atomic E-state index is 12.6. The van der Waals surface area contributed by atoms with E-state index in [0.29, 0.717) is 20.5 Å². The number of amides is 1. The predicted octanol–water partition coefficient (Wildman–Crippen LogP) is 5.17. The molecule has 0 bridgehead atoms. The summed E-state index contributed by atoms with van der Waals surface area (Å²) in [5.74, 6) is -0.125. The summed E-state index contributed by atoms with van der Waals surface area (Å²) < 4.78 is 44.0. The molecule has 9 heteroatoms. The van der Waals surface area contributed by atoms with E-state index in [1.165, 1.54) is 18.3 Å². The number of pyridine rings is 1. The molecule has 2 heterocycles. The first kappa shape index (κ1) is 17.5. The van der Waals surface area contributed by atoms with Crippen molar-refractivity contribution in [2.24, 2.45) is 5.73 Å². The Bertz CT molecular complexity index is 968. The zero-order chi connectivity index (χ0) is 18.4. The van der Waals surface area contributed by atoms with E-state index in [2.05, 4.69) is 4.98 Å². The van der Waals surface area contributed by atoms with Crippen LogP contribution in [0.5, 0.6) is 11.5 Å². The number of nitrogens with two attached hydrogens (primary N) is 1. The molecule has 0 atom stereocenters. The summed E-state index contributed by atoms with van der Waals surface area (Å²) in [5.41, 5.74) is 5.16. The first-order valence-electron chi connectivity index (χ1n) is 6.91. The Labute approximate surface area is 149 Å². The number of hydrogen-bond donors (Lipinski definition) is 1. The number of benzene rings is 1. The monoisotopic (exact) mass is 386 g/mol. The third kappa shape index (κ3) is 3.27. The van der Waals surface area contributed by atoms with Crippen LogP contribution in [0.2, 0.25) is 5.15 Å². The zero-order valence-corrected chi connectivity index (χ0v) is 14.2. The van der Waals surface area contributed by atoms with E-state index in [1.807, 2.05) is 0 Å².